The molecule has 0 saturated carbocycles. The first kappa shape index (κ1) is 26.0. The van der Waals surface area contributed by atoms with E-state index in [2.05, 4.69) is 17.2 Å². The van der Waals surface area contributed by atoms with Crippen LogP contribution in [0.15, 0.2) is 48.5 Å². The minimum absolute atomic E-state index is 0.00606. The average molecular weight is 473 g/mol. The molecule has 9 nitrogen and oxygen atoms in total. The highest BCUT2D eigenvalue weighted by atomic mass is 19.3. The van der Waals surface area contributed by atoms with Gasteiger partial charge in [-0.3, -0.25) is 19.6 Å². The average Bonchev–Trinajstić information content (AvgIpc) is 2.80. The zero-order valence-corrected chi connectivity index (χ0v) is 18.1. The molecule has 0 radical (unpaired) electrons. The first-order valence-electron chi connectivity index (χ1n) is 9.75. The number of alkyl halides is 2. The Labute approximate surface area is 193 Å². The van der Waals surface area contributed by atoms with Gasteiger partial charge in [0.2, 0.25) is 5.91 Å². The van der Waals surface area contributed by atoms with Crippen LogP contribution in [0.25, 0.3) is 0 Å². The minimum Gasteiger partial charge on any atom is -0.478 e. The molecule has 2 aromatic rings. The molecule has 0 aliphatic rings. The van der Waals surface area contributed by atoms with Crippen LogP contribution in [0.1, 0.15) is 45.7 Å². The molecule has 1 unspecified atom stereocenters. The Morgan fingerprint density at radius 1 is 0.912 bits per heavy atom. The summed E-state index contributed by atoms with van der Waals surface area (Å²) < 4.78 is 27.4. The molecule has 0 saturated heterocycles. The van der Waals surface area contributed by atoms with E-state index in [1.165, 1.54) is 41.9 Å². The highest BCUT2D eigenvalue weighted by Crippen LogP contribution is 2.21. The van der Waals surface area contributed by atoms with Gasteiger partial charge in [-0.2, -0.15) is 0 Å². The quantitative estimate of drug-likeness (QED) is 0.234. The molecule has 0 spiro atoms. The van der Waals surface area contributed by atoms with Crippen molar-refractivity contribution in [2.75, 3.05) is 0 Å². The Hall–Kier alpha value is -4.30. The van der Waals surface area contributed by atoms with Crippen LogP contribution in [-0.2, 0) is 9.59 Å². The lowest BCUT2D eigenvalue weighted by molar-refractivity contribution is -0.137. The topological polar surface area (TPSA) is 145 Å². The zero-order chi connectivity index (χ0) is 25.5. The SMILES string of the molecule is CC(=O)NC(C)(C(F)F)[C@H](NC(=O)c1ccc(C#Cc2ccc(C(=O)O)cc2)cc1)C(=O)NO. The van der Waals surface area contributed by atoms with Crippen molar-refractivity contribution in [1.29, 1.82) is 0 Å². The van der Waals surface area contributed by atoms with Gasteiger partial charge >= 0.3 is 5.97 Å². The molecule has 0 aliphatic carbocycles. The number of carboxylic acid groups (broad SMARTS) is 1. The predicted molar refractivity (Wildman–Crippen MR) is 115 cm³/mol. The second-order valence-corrected chi connectivity index (χ2v) is 7.36. The number of rotatable bonds is 7. The molecule has 3 amide bonds. The number of benzene rings is 2. The summed E-state index contributed by atoms with van der Waals surface area (Å²) in [6.45, 7) is 1.83. The third-order valence-corrected chi connectivity index (χ3v) is 4.78. The number of carbonyl (C=O) groups is 4. The summed E-state index contributed by atoms with van der Waals surface area (Å²) >= 11 is 0. The van der Waals surface area contributed by atoms with E-state index >= 15 is 0 Å². The third kappa shape index (κ3) is 6.36. The van der Waals surface area contributed by atoms with Gasteiger partial charge in [0, 0.05) is 23.6 Å². The third-order valence-electron chi connectivity index (χ3n) is 4.78. The van der Waals surface area contributed by atoms with E-state index in [4.69, 9.17) is 10.3 Å². The van der Waals surface area contributed by atoms with E-state index in [0.717, 1.165) is 13.8 Å². The Balaban J connectivity index is 2.21. The van der Waals surface area contributed by atoms with Crippen molar-refractivity contribution in [3.63, 3.8) is 0 Å². The number of hydroxylamine groups is 1. The molecule has 5 N–H and O–H groups in total. The standard InChI is InChI=1S/C23H21F2N3O6/c1-13(29)27-23(2,22(24)25)18(20(31)28-34)26-19(30)16-9-5-14(6-10-16)3-4-15-7-11-17(12-8-15)21(32)33/h5-12,18,22,34H,1-2H3,(H,26,30)(H,27,29)(H,28,31)(H,32,33)/t18-,23?/m1/s1. The molecule has 11 heteroatoms. The lowest BCUT2D eigenvalue weighted by Gasteiger charge is -2.36. The normalized spacial score (nSPS) is 13.0. The molecule has 0 heterocycles. The smallest absolute Gasteiger partial charge is 0.335 e. The fourth-order valence-corrected chi connectivity index (χ4v) is 2.94. The molecule has 34 heavy (non-hydrogen) atoms. The van der Waals surface area contributed by atoms with Crippen molar-refractivity contribution in [2.45, 2.75) is 31.9 Å². The van der Waals surface area contributed by atoms with E-state index in [-0.39, 0.29) is 11.1 Å². The van der Waals surface area contributed by atoms with Crippen molar-refractivity contribution in [3.05, 3.63) is 70.8 Å². The van der Waals surface area contributed by atoms with Crippen LogP contribution >= 0.6 is 0 Å². The molecule has 2 rings (SSSR count). The van der Waals surface area contributed by atoms with Crippen LogP contribution in [0.3, 0.4) is 0 Å². The van der Waals surface area contributed by atoms with Crippen LogP contribution < -0.4 is 16.1 Å². The summed E-state index contributed by atoms with van der Waals surface area (Å²) in [6.07, 6.45) is -3.26. The number of halogens is 2. The van der Waals surface area contributed by atoms with Crippen LogP contribution in [0.5, 0.6) is 0 Å². The van der Waals surface area contributed by atoms with Gasteiger partial charge in [-0.25, -0.2) is 19.1 Å². The predicted octanol–water partition coefficient (Wildman–Crippen LogP) is 1.55. The first-order chi connectivity index (χ1) is 16.0. The summed E-state index contributed by atoms with van der Waals surface area (Å²) in [5.74, 6) is 1.49. The second kappa shape index (κ2) is 11.0. The van der Waals surface area contributed by atoms with E-state index in [1.54, 1.807) is 12.1 Å². The number of carboxylic acids is 1. The largest absolute Gasteiger partial charge is 0.478 e. The van der Waals surface area contributed by atoms with Crippen molar-refractivity contribution >= 4 is 23.7 Å². The van der Waals surface area contributed by atoms with E-state index in [9.17, 15) is 28.0 Å². The first-order valence-corrected chi connectivity index (χ1v) is 9.75. The molecule has 0 aliphatic heterocycles. The van der Waals surface area contributed by atoms with Crippen LogP contribution in [0, 0.1) is 11.8 Å². The Kier molecular flexibility index (Phi) is 8.41. The molecule has 2 atom stereocenters. The number of hydrogen-bond acceptors (Lipinski definition) is 5. The van der Waals surface area contributed by atoms with Crippen LogP contribution in [0.2, 0.25) is 0 Å². The lowest BCUT2D eigenvalue weighted by atomic mass is 9.91. The fraction of sp³-hybridized carbons (Fsp3) is 0.217. The molecular weight excluding hydrogens is 452 g/mol. The van der Waals surface area contributed by atoms with Gasteiger partial charge in [-0.1, -0.05) is 11.8 Å². The summed E-state index contributed by atoms with van der Waals surface area (Å²) in [7, 11) is 0. The Morgan fingerprint density at radius 2 is 1.38 bits per heavy atom. The Morgan fingerprint density at radius 3 is 1.76 bits per heavy atom. The van der Waals surface area contributed by atoms with Gasteiger partial charge in [0.05, 0.1) is 5.56 Å². The Bertz CT molecular complexity index is 1140. The minimum atomic E-state index is -3.26. The van der Waals surface area contributed by atoms with Gasteiger partial charge in [0.15, 0.2) is 0 Å². The molecule has 178 valence electrons. The van der Waals surface area contributed by atoms with E-state index in [0.29, 0.717) is 11.1 Å². The summed E-state index contributed by atoms with van der Waals surface area (Å²) in [6, 6.07) is 9.56. The van der Waals surface area contributed by atoms with Crippen LogP contribution in [-0.4, -0.2) is 52.0 Å². The lowest BCUT2D eigenvalue weighted by Crippen LogP contribution is -2.68. The monoisotopic (exact) mass is 473 g/mol. The molecule has 0 aromatic heterocycles. The van der Waals surface area contributed by atoms with Crippen molar-refractivity contribution in [1.82, 2.24) is 16.1 Å². The van der Waals surface area contributed by atoms with Gasteiger partial charge in [-0.15, -0.1) is 0 Å². The van der Waals surface area contributed by atoms with Gasteiger partial charge in [0.25, 0.3) is 18.2 Å². The van der Waals surface area contributed by atoms with Crippen molar-refractivity contribution in [3.8, 4) is 11.8 Å². The van der Waals surface area contributed by atoms with Crippen molar-refractivity contribution in [2.24, 2.45) is 0 Å². The molecule has 2 aromatic carbocycles. The van der Waals surface area contributed by atoms with Crippen molar-refractivity contribution < 1.29 is 38.3 Å². The maximum atomic E-state index is 13.7. The molecule has 0 fully saturated rings. The maximum absolute atomic E-state index is 13.7. The highest BCUT2D eigenvalue weighted by Gasteiger charge is 2.48. The fourth-order valence-electron chi connectivity index (χ4n) is 2.94. The maximum Gasteiger partial charge on any atom is 0.335 e. The van der Waals surface area contributed by atoms with E-state index in [1.807, 2.05) is 5.32 Å². The van der Waals surface area contributed by atoms with Crippen LogP contribution in [0.4, 0.5) is 8.78 Å². The number of amides is 3. The van der Waals surface area contributed by atoms with Gasteiger partial charge in [-0.05, 0) is 55.5 Å². The molecule has 0 bridgehead atoms. The van der Waals surface area contributed by atoms with E-state index < -0.39 is 41.7 Å². The number of aromatic carboxylic acids is 1. The summed E-state index contributed by atoms with van der Waals surface area (Å²) in [4.78, 5) is 46.9. The number of carbonyl (C=O) groups excluding carboxylic acids is 3. The second-order valence-electron chi connectivity index (χ2n) is 7.36. The van der Waals surface area contributed by atoms with Gasteiger partial charge in [0.1, 0.15) is 11.6 Å². The summed E-state index contributed by atoms with van der Waals surface area (Å²) in [5.41, 5.74) is -0.0965. The van der Waals surface area contributed by atoms with Gasteiger partial charge < -0.3 is 15.7 Å². The number of nitrogens with one attached hydrogen (secondary N) is 3. The number of hydrogen-bond donors (Lipinski definition) is 5. The zero-order valence-electron chi connectivity index (χ0n) is 18.1. The molecular formula is C23H21F2N3O6. The highest BCUT2D eigenvalue weighted by molar-refractivity contribution is 5.98. The summed E-state index contributed by atoms with van der Waals surface area (Å²) in [5, 5.41) is 21.9.